The van der Waals surface area contributed by atoms with Crippen molar-refractivity contribution >= 4 is 5.96 Å². The number of aryl methyl sites for hydroxylation is 1. The molecular formula is C15H25N7O. The van der Waals surface area contributed by atoms with E-state index in [2.05, 4.69) is 44.8 Å². The summed E-state index contributed by atoms with van der Waals surface area (Å²) in [6.07, 6.45) is 3.80. The van der Waals surface area contributed by atoms with Gasteiger partial charge in [0.15, 0.2) is 17.5 Å². The fraction of sp³-hybridized carbons (Fsp3) is 0.600. The van der Waals surface area contributed by atoms with Gasteiger partial charge >= 0.3 is 0 Å². The topological polar surface area (TPSA) is 93.2 Å². The first-order chi connectivity index (χ1) is 11.2. The molecule has 8 nitrogen and oxygen atoms in total. The second-order valence-corrected chi connectivity index (χ2v) is 5.37. The summed E-state index contributed by atoms with van der Waals surface area (Å²) in [4.78, 5) is 4.18. The van der Waals surface area contributed by atoms with Gasteiger partial charge in [0.05, 0.1) is 18.8 Å². The van der Waals surface area contributed by atoms with Crippen LogP contribution in [0.25, 0.3) is 0 Å². The lowest BCUT2D eigenvalue weighted by molar-refractivity contribution is 0.368. The molecule has 0 unspecified atom stereocenters. The van der Waals surface area contributed by atoms with Crippen LogP contribution in [0.3, 0.4) is 0 Å². The Morgan fingerprint density at radius 2 is 2.04 bits per heavy atom. The third-order valence-electron chi connectivity index (χ3n) is 3.85. The molecule has 2 rings (SSSR count). The zero-order chi connectivity index (χ0) is 16.7. The highest BCUT2D eigenvalue weighted by Crippen LogP contribution is 2.22. The highest BCUT2D eigenvalue weighted by Gasteiger charge is 2.13. The number of nitrogens with zero attached hydrogens (tertiary/aromatic N) is 5. The number of aliphatic imine (C=N–C) groups is 1. The van der Waals surface area contributed by atoms with Crippen molar-refractivity contribution in [3.8, 4) is 0 Å². The van der Waals surface area contributed by atoms with Gasteiger partial charge in [-0.3, -0.25) is 4.99 Å². The smallest absolute Gasteiger partial charge is 0.191 e. The third-order valence-corrected chi connectivity index (χ3v) is 3.85. The molecule has 2 aromatic rings. The summed E-state index contributed by atoms with van der Waals surface area (Å²) < 4.78 is 7.25. The van der Waals surface area contributed by atoms with Gasteiger partial charge in [-0.2, -0.15) is 0 Å². The van der Waals surface area contributed by atoms with Crippen LogP contribution in [0.15, 0.2) is 21.9 Å². The first-order valence-electron chi connectivity index (χ1n) is 7.90. The highest BCUT2D eigenvalue weighted by atomic mass is 16.5. The number of hydrogen-bond acceptors (Lipinski definition) is 5. The minimum Gasteiger partial charge on any atom is -0.359 e. The summed E-state index contributed by atoms with van der Waals surface area (Å²) in [7, 11) is 3.63. The summed E-state index contributed by atoms with van der Waals surface area (Å²) in [6, 6.07) is 2.01. The molecule has 8 heteroatoms. The fourth-order valence-corrected chi connectivity index (χ4v) is 2.33. The number of nitrogens with one attached hydrogen (secondary N) is 2. The van der Waals surface area contributed by atoms with Gasteiger partial charge in [-0.25, -0.2) is 0 Å². The average Bonchev–Trinajstić information content (AvgIpc) is 3.18. The van der Waals surface area contributed by atoms with Gasteiger partial charge in [0.1, 0.15) is 6.33 Å². The van der Waals surface area contributed by atoms with Gasteiger partial charge in [0.25, 0.3) is 0 Å². The van der Waals surface area contributed by atoms with E-state index >= 15 is 0 Å². The van der Waals surface area contributed by atoms with E-state index in [1.807, 2.05) is 17.7 Å². The maximum Gasteiger partial charge on any atom is 0.191 e. The van der Waals surface area contributed by atoms with Crippen LogP contribution in [0.1, 0.15) is 49.9 Å². The van der Waals surface area contributed by atoms with E-state index < -0.39 is 0 Å². The zero-order valence-electron chi connectivity index (χ0n) is 14.2. The van der Waals surface area contributed by atoms with Gasteiger partial charge in [-0.15, -0.1) is 10.2 Å². The van der Waals surface area contributed by atoms with Crippen LogP contribution in [-0.4, -0.2) is 32.9 Å². The lowest BCUT2D eigenvalue weighted by Gasteiger charge is -2.10. The maximum absolute atomic E-state index is 5.39. The molecule has 0 aliphatic heterocycles. The van der Waals surface area contributed by atoms with Crippen LogP contribution in [0.4, 0.5) is 0 Å². The minimum absolute atomic E-state index is 0.459. The molecule has 0 atom stereocenters. The molecule has 0 aliphatic rings. The van der Waals surface area contributed by atoms with Gasteiger partial charge in [0.2, 0.25) is 0 Å². The van der Waals surface area contributed by atoms with E-state index in [1.54, 1.807) is 13.4 Å². The van der Waals surface area contributed by atoms with Crippen LogP contribution in [0.2, 0.25) is 0 Å². The average molecular weight is 319 g/mol. The Morgan fingerprint density at radius 1 is 1.30 bits per heavy atom. The molecule has 2 N–H and O–H groups in total. The molecule has 23 heavy (non-hydrogen) atoms. The molecular weight excluding hydrogens is 294 g/mol. The predicted molar refractivity (Wildman–Crippen MR) is 87.9 cm³/mol. The van der Waals surface area contributed by atoms with Crippen LogP contribution < -0.4 is 10.6 Å². The monoisotopic (exact) mass is 319 g/mol. The lowest BCUT2D eigenvalue weighted by Crippen LogP contribution is -2.36. The molecule has 0 radical (unpaired) electrons. The van der Waals surface area contributed by atoms with Gasteiger partial charge < -0.3 is 19.7 Å². The number of hydrogen-bond donors (Lipinski definition) is 2. The molecule has 0 aromatic carbocycles. The Morgan fingerprint density at radius 3 is 2.65 bits per heavy atom. The van der Waals surface area contributed by atoms with Gasteiger partial charge in [-0.1, -0.05) is 19.0 Å². The second-order valence-electron chi connectivity index (χ2n) is 5.37. The summed E-state index contributed by atoms with van der Waals surface area (Å²) in [5.74, 6) is 2.77. The van der Waals surface area contributed by atoms with Gasteiger partial charge in [0, 0.05) is 26.1 Å². The SMILES string of the molecule is CCC(CC)c1cc(CNC(=NC)NCc2nncn2C)on1. The van der Waals surface area contributed by atoms with Crippen molar-refractivity contribution in [1.29, 1.82) is 0 Å². The second kappa shape index (κ2) is 8.30. The summed E-state index contributed by atoms with van der Waals surface area (Å²) in [5.41, 5.74) is 1.02. The Bertz CT molecular complexity index is 627. The largest absolute Gasteiger partial charge is 0.359 e. The van der Waals surface area contributed by atoms with E-state index in [4.69, 9.17) is 4.52 Å². The Kier molecular flexibility index (Phi) is 6.13. The molecule has 0 bridgehead atoms. The number of rotatable bonds is 7. The van der Waals surface area contributed by atoms with Crippen molar-refractivity contribution < 1.29 is 4.52 Å². The Labute approximate surface area is 136 Å². The van der Waals surface area contributed by atoms with Crippen LogP contribution >= 0.6 is 0 Å². The maximum atomic E-state index is 5.39. The summed E-state index contributed by atoms with van der Waals surface area (Å²) >= 11 is 0. The molecule has 2 aromatic heterocycles. The van der Waals surface area contributed by atoms with E-state index in [9.17, 15) is 0 Å². The van der Waals surface area contributed by atoms with Crippen LogP contribution in [0, 0.1) is 0 Å². The van der Waals surface area contributed by atoms with E-state index in [1.165, 1.54) is 0 Å². The summed E-state index contributed by atoms with van der Waals surface area (Å²) in [6.45, 7) is 5.41. The third kappa shape index (κ3) is 4.54. The molecule has 0 amide bonds. The number of guanidine groups is 1. The van der Waals surface area contributed by atoms with Crippen molar-refractivity contribution in [2.45, 2.75) is 45.7 Å². The number of aromatic nitrogens is 4. The van der Waals surface area contributed by atoms with E-state index in [-0.39, 0.29) is 0 Å². The van der Waals surface area contributed by atoms with Crippen molar-refractivity contribution in [3.05, 3.63) is 29.7 Å². The highest BCUT2D eigenvalue weighted by molar-refractivity contribution is 5.79. The lowest BCUT2D eigenvalue weighted by atomic mass is 9.99. The molecule has 2 heterocycles. The van der Waals surface area contributed by atoms with E-state index in [0.717, 1.165) is 30.1 Å². The van der Waals surface area contributed by atoms with Gasteiger partial charge in [-0.05, 0) is 12.8 Å². The van der Waals surface area contributed by atoms with E-state index in [0.29, 0.717) is 25.0 Å². The molecule has 0 saturated heterocycles. The Balaban J connectivity index is 1.85. The van der Waals surface area contributed by atoms with Crippen molar-refractivity contribution in [2.75, 3.05) is 7.05 Å². The minimum atomic E-state index is 0.459. The van der Waals surface area contributed by atoms with Crippen LogP contribution in [0.5, 0.6) is 0 Å². The first kappa shape index (κ1) is 17.0. The quantitative estimate of drug-likeness (QED) is 0.594. The standard InChI is InChI=1S/C15H25N7O/c1-5-11(6-2)13-7-12(23-21-13)8-17-15(16-3)18-9-14-20-19-10-22(14)4/h7,10-11H,5-6,8-9H2,1-4H3,(H2,16,17,18). The van der Waals surface area contributed by atoms with Crippen molar-refractivity contribution in [1.82, 2.24) is 30.6 Å². The molecule has 0 aliphatic carbocycles. The molecule has 0 spiro atoms. The molecule has 126 valence electrons. The summed E-state index contributed by atoms with van der Waals surface area (Å²) in [5, 5.41) is 18.4. The Hall–Kier alpha value is -2.38. The van der Waals surface area contributed by atoms with Crippen molar-refractivity contribution in [3.63, 3.8) is 0 Å². The zero-order valence-corrected chi connectivity index (χ0v) is 14.2. The van der Waals surface area contributed by atoms with Crippen LogP contribution in [-0.2, 0) is 20.1 Å². The molecule has 0 saturated carbocycles. The fourth-order valence-electron chi connectivity index (χ4n) is 2.33. The predicted octanol–water partition coefficient (Wildman–Crippen LogP) is 1.57. The normalized spacial score (nSPS) is 12.0. The first-order valence-corrected chi connectivity index (χ1v) is 7.90. The van der Waals surface area contributed by atoms with Crippen molar-refractivity contribution in [2.24, 2.45) is 12.0 Å². The molecule has 0 fully saturated rings.